The third kappa shape index (κ3) is 3.50. The number of benzene rings is 1. The molecule has 1 rings (SSSR count). The van der Waals surface area contributed by atoms with E-state index in [-0.39, 0.29) is 6.29 Å². The van der Waals surface area contributed by atoms with Gasteiger partial charge < -0.3 is 14.8 Å². The van der Waals surface area contributed by atoms with Crippen LogP contribution in [-0.4, -0.2) is 27.1 Å². The molecule has 90 valence electrons. The average molecular weight is 329 g/mol. The molecule has 0 aromatic heterocycles. The highest BCUT2D eigenvalue weighted by atomic mass is 79.9. The molecule has 0 atom stereocenters. The number of halogens is 3. The van der Waals surface area contributed by atoms with Crippen molar-refractivity contribution >= 4 is 44.8 Å². The smallest absolute Gasteiger partial charge is 0.173 e. The lowest BCUT2D eigenvalue weighted by Crippen LogP contribution is -2.23. The Balaban J connectivity index is 2.71. The second kappa shape index (κ2) is 6.67. The molecule has 0 radical (unpaired) electrons. The highest BCUT2D eigenvalue weighted by Crippen LogP contribution is 2.35. The zero-order valence-corrected chi connectivity index (χ0v) is 12.0. The van der Waals surface area contributed by atoms with Crippen LogP contribution in [-0.2, 0) is 9.47 Å². The van der Waals surface area contributed by atoms with Crippen molar-refractivity contribution in [2.45, 2.75) is 6.29 Å². The largest absolute Gasteiger partial charge is 0.379 e. The summed E-state index contributed by atoms with van der Waals surface area (Å²) in [5.74, 6) is 0. The van der Waals surface area contributed by atoms with Gasteiger partial charge in [0, 0.05) is 18.7 Å². The predicted octanol–water partition coefficient (Wildman–Crippen LogP) is 3.79. The minimum absolute atomic E-state index is 0.321. The molecule has 1 N–H and O–H groups in total. The van der Waals surface area contributed by atoms with Crippen LogP contribution in [0.2, 0.25) is 10.0 Å². The highest BCUT2D eigenvalue weighted by Gasteiger charge is 2.10. The number of rotatable bonds is 5. The van der Waals surface area contributed by atoms with Gasteiger partial charge >= 0.3 is 0 Å². The molecule has 3 nitrogen and oxygen atoms in total. The molecule has 0 saturated heterocycles. The van der Waals surface area contributed by atoms with E-state index in [4.69, 9.17) is 32.7 Å². The van der Waals surface area contributed by atoms with Crippen LogP contribution in [0, 0.1) is 0 Å². The van der Waals surface area contributed by atoms with E-state index in [1.807, 2.05) is 12.1 Å². The van der Waals surface area contributed by atoms with Gasteiger partial charge in [0.25, 0.3) is 0 Å². The Bertz CT molecular complexity index is 359. The molecule has 0 spiro atoms. The van der Waals surface area contributed by atoms with E-state index in [0.29, 0.717) is 16.6 Å². The molecule has 1 aromatic carbocycles. The van der Waals surface area contributed by atoms with Crippen LogP contribution in [0.5, 0.6) is 0 Å². The van der Waals surface area contributed by atoms with E-state index >= 15 is 0 Å². The second-order valence-corrected chi connectivity index (χ2v) is 4.62. The molecular weight excluding hydrogens is 317 g/mol. The van der Waals surface area contributed by atoms with Crippen molar-refractivity contribution in [3.63, 3.8) is 0 Å². The van der Waals surface area contributed by atoms with E-state index in [0.717, 1.165) is 10.2 Å². The van der Waals surface area contributed by atoms with Crippen molar-refractivity contribution in [1.29, 1.82) is 0 Å². The fraction of sp³-hybridized carbons (Fsp3) is 0.400. The summed E-state index contributed by atoms with van der Waals surface area (Å²) in [4.78, 5) is 0. The van der Waals surface area contributed by atoms with Crippen molar-refractivity contribution in [3.05, 3.63) is 26.7 Å². The number of nitrogens with one attached hydrogen (secondary N) is 1. The number of hydrogen-bond acceptors (Lipinski definition) is 3. The van der Waals surface area contributed by atoms with Crippen LogP contribution in [0.4, 0.5) is 5.69 Å². The monoisotopic (exact) mass is 327 g/mol. The maximum atomic E-state index is 6.06. The molecule has 0 bridgehead atoms. The number of methoxy groups -OCH3 is 2. The van der Waals surface area contributed by atoms with Crippen LogP contribution in [0.3, 0.4) is 0 Å². The summed E-state index contributed by atoms with van der Waals surface area (Å²) < 4.78 is 10.9. The van der Waals surface area contributed by atoms with Gasteiger partial charge in [-0.2, -0.15) is 0 Å². The summed E-state index contributed by atoms with van der Waals surface area (Å²) in [5.41, 5.74) is 0.744. The van der Waals surface area contributed by atoms with Crippen molar-refractivity contribution in [2.24, 2.45) is 0 Å². The van der Waals surface area contributed by atoms with Gasteiger partial charge in [-0.3, -0.25) is 0 Å². The topological polar surface area (TPSA) is 30.5 Å². The van der Waals surface area contributed by atoms with Gasteiger partial charge in [-0.25, -0.2) is 0 Å². The second-order valence-electron chi connectivity index (χ2n) is 3.00. The summed E-state index contributed by atoms with van der Waals surface area (Å²) in [7, 11) is 3.15. The fourth-order valence-corrected chi connectivity index (χ4v) is 1.96. The Morgan fingerprint density at radius 3 is 2.44 bits per heavy atom. The van der Waals surface area contributed by atoms with E-state index in [9.17, 15) is 0 Å². The highest BCUT2D eigenvalue weighted by molar-refractivity contribution is 9.10. The van der Waals surface area contributed by atoms with Crippen LogP contribution in [0.15, 0.2) is 16.6 Å². The summed E-state index contributed by atoms with van der Waals surface area (Å²) in [6, 6.07) is 3.66. The first-order valence-corrected chi connectivity index (χ1v) is 6.08. The first kappa shape index (κ1) is 14.1. The number of ether oxygens (including phenoxy) is 2. The van der Waals surface area contributed by atoms with Crippen molar-refractivity contribution < 1.29 is 9.47 Å². The summed E-state index contributed by atoms with van der Waals surface area (Å²) in [6.45, 7) is 0.491. The Morgan fingerprint density at radius 2 is 1.88 bits per heavy atom. The minimum atomic E-state index is -0.321. The van der Waals surface area contributed by atoms with Gasteiger partial charge in [-0.05, 0) is 28.1 Å². The Morgan fingerprint density at radius 1 is 1.25 bits per heavy atom. The first-order chi connectivity index (χ1) is 7.60. The predicted molar refractivity (Wildman–Crippen MR) is 70.5 cm³/mol. The molecule has 0 heterocycles. The lowest BCUT2D eigenvalue weighted by Gasteiger charge is -2.16. The SMILES string of the molecule is COC(CNc1ccc(Br)c(Cl)c1Cl)OC. The molecule has 0 saturated carbocycles. The van der Waals surface area contributed by atoms with E-state index in [1.165, 1.54) is 0 Å². The molecule has 0 fully saturated rings. The summed E-state index contributed by atoms with van der Waals surface area (Å²) >= 11 is 15.3. The molecule has 6 heteroatoms. The van der Waals surface area contributed by atoms with E-state index in [2.05, 4.69) is 21.2 Å². The number of anilines is 1. The van der Waals surface area contributed by atoms with Crippen molar-refractivity contribution in [3.8, 4) is 0 Å². The van der Waals surface area contributed by atoms with Crippen LogP contribution < -0.4 is 5.32 Å². The van der Waals surface area contributed by atoms with E-state index < -0.39 is 0 Å². The first-order valence-electron chi connectivity index (χ1n) is 4.53. The average Bonchev–Trinajstić information content (AvgIpc) is 2.30. The standard InChI is InChI=1S/C10H12BrCl2NO2/c1-15-8(16-2)5-14-7-4-3-6(11)9(12)10(7)13/h3-4,8,14H,5H2,1-2H3. The van der Waals surface area contributed by atoms with Gasteiger partial charge in [-0.15, -0.1) is 0 Å². The van der Waals surface area contributed by atoms with Crippen molar-refractivity contribution in [2.75, 3.05) is 26.1 Å². The van der Waals surface area contributed by atoms with Gasteiger partial charge in [0.1, 0.15) is 0 Å². The maximum absolute atomic E-state index is 6.06. The van der Waals surface area contributed by atoms with Crippen LogP contribution in [0.25, 0.3) is 0 Å². The normalized spacial score (nSPS) is 10.9. The fourth-order valence-electron chi connectivity index (χ4n) is 1.12. The summed E-state index contributed by atoms with van der Waals surface area (Å²) in [5, 5.41) is 4.05. The molecule has 16 heavy (non-hydrogen) atoms. The van der Waals surface area contributed by atoms with E-state index in [1.54, 1.807) is 14.2 Å². The molecule has 0 aliphatic carbocycles. The molecule has 1 aromatic rings. The molecule has 0 aliphatic rings. The lowest BCUT2D eigenvalue weighted by molar-refractivity contribution is -0.0914. The molecule has 0 aliphatic heterocycles. The minimum Gasteiger partial charge on any atom is -0.379 e. The van der Waals surface area contributed by atoms with Crippen molar-refractivity contribution in [1.82, 2.24) is 0 Å². The third-order valence-electron chi connectivity index (χ3n) is 2.02. The zero-order valence-electron chi connectivity index (χ0n) is 8.89. The quantitative estimate of drug-likeness (QED) is 0.659. The third-order valence-corrected chi connectivity index (χ3v) is 3.79. The van der Waals surface area contributed by atoms with Crippen LogP contribution >= 0.6 is 39.1 Å². The molecule has 0 unspecified atom stereocenters. The number of hydrogen-bond donors (Lipinski definition) is 1. The summed E-state index contributed by atoms with van der Waals surface area (Å²) in [6.07, 6.45) is -0.321. The van der Waals surface area contributed by atoms with Gasteiger partial charge in [0.2, 0.25) is 0 Å². The Kier molecular flexibility index (Phi) is 5.86. The van der Waals surface area contributed by atoms with Gasteiger partial charge in [0.05, 0.1) is 22.3 Å². The van der Waals surface area contributed by atoms with Gasteiger partial charge in [0.15, 0.2) is 6.29 Å². The molecular formula is C10H12BrCl2NO2. The lowest BCUT2D eigenvalue weighted by atomic mass is 10.3. The Hall–Kier alpha value is -0.0000000000000000763. The van der Waals surface area contributed by atoms with Crippen LogP contribution in [0.1, 0.15) is 0 Å². The Labute approximate surface area is 113 Å². The maximum Gasteiger partial charge on any atom is 0.173 e. The molecule has 0 amide bonds. The van der Waals surface area contributed by atoms with Gasteiger partial charge in [-0.1, -0.05) is 23.2 Å². The zero-order chi connectivity index (χ0) is 12.1.